The van der Waals surface area contributed by atoms with Gasteiger partial charge in [-0.25, -0.2) is 4.40 Å². The fourth-order valence-electron chi connectivity index (χ4n) is 1.05. The first-order chi connectivity index (χ1) is 6.85. The molecule has 0 aliphatic rings. The highest BCUT2D eigenvalue weighted by Gasteiger charge is 1.95. The van der Waals surface area contributed by atoms with Crippen LogP contribution in [0.4, 0.5) is 0 Å². The molecule has 0 aliphatic carbocycles. The monoisotopic (exact) mass is 213 g/mol. The minimum atomic E-state index is 0.573. The second-order valence-electron chi connectivity index (χ2n) is 3.00. The van der Waals surface area contributed by atoms with Crippen molar-refractivity contribution in [2.24, 2.45) is 4.40 Å². The number of hydrogen-bond donors (Lipinski definition) is 0. The van der Waals surface area contributed by atoms with Crippen molar-refractivity contribution in [2.75, 3.05) is 18.8 Å². The maximum absolute atomic E-state index is 8.32. The van der Waals surface area contributed by atoms with E-state index in [4.69, 9.17) is 5.26 Å². The Morgan fingerprint density at radius 1 is 1.36 bits per heavy atom. The third-order valence-corrected chi connectivity index (χ3v) is 2.24. The molecule has 0 amide bonds. The van der Waals surface area contributed by atoms with Gasteiger partial charge in [-0.1, -0.05) is 13.8 Å². The summed E-state index contributed by atoms with van der Waals surface area (Å²) < 4.78 is 4.21. The van der Waals surface area contributed by atoms with E-state index < -0.39 is 0 Å². The van der Waals surface area contributed by atoms with E-state index in [1.807, 2.05) is 6.34 Å². The van der Waals surface area contributed by atoms with Crippen LogP contribution in [-0.2, 0) is 0 Å². The van der Waals surface area contributed by atoms with Gasteiger partial charge in [-0.15, -0.1) is 0 Å². The smallest absolute Gasteiger partial charge is 0.0989 e. The summed E-state index contributed by atoms with van der Waals surface area (Å²) in [6, 6.07) is 2.10. The van der Waals surface area contributed by atoms with Gasteiger partial charge in [-0.2, -0.15) is 5.26 Å². The molecule has 0 unspecified atom stereocenters. The molecule has 0 atom stereocenters. The lowest BCUT2D eigenvalue weighted by Gasteiger charge is -2.16. The van der Waals surface area contributed by atoms with Crippen molar-refractivity contribution >= 4 is 18.3 Å². The summed E-state index contributed by atoms with van der Waals surface area (Å²) >= 11 is 1.46. The molecule has 0 saturated heterocycles. The Morgan fingerprint density at radius 3 is 2.50 bits per heavy atom. The Kier molecular flexibility index (Phi) is 9.88. The zero-order valence-corrected chi connectivity index (χ0v) is 9.89. The minimum absolute atomic E-state index is 0.573. The topological polar surface area (TPSA) is 39.4 Å². The van der Waals surface area contributed by atoms with Gasteiger partial charge in [0.25, 0.3) is 0 Å². The molecule has 80 valence electrons. The summed E-state index contributed by atoms with van der Waals surface area (Å²) in [6.45, 7) is 6.46. The lowest BCUT2D eigenvalue weighted by molar-refractivity contribution is 0.429. The molecular weight excluding hydrogens is 194 g/mol. The molecule has 0 radical (unpaired) electrons. The van der Waals surface area contributed by atoms with Gasteiger partial charge < -0.3 is 4.90 Å². The van der Waals surface area contributed by atoms with Crippen LogP contribution >= 0.6 is 11.9 Å². The van der Waals surface area contributed by atoms with Gasteiger partial charge in [0.15, 0.2) is 0 Å². The van der Waals surface area contributed by atoms with E-state index in [9.17, 15) is 0 Å². The molecule has 0 N–H and O–H groups in total. The van der Waals surface area contributed by atoms with Crippen LogP contribution in [0.5, 0.6) is 0 Å². The predicted octanol–water partition coefficient (Wildman–Crippen LogP) is 2.70. The maximum Gasteiger partial charge on any atom is 0.0989 e. The van der Waals surface area contributed by atoms with Crippen molar-refractivity contribution in [3.05, 3.63) is 0 Å². The zero-order chi connectivity index (χ0) is 10.6. The van der Waals surface area contributed by atoms with E-state index in [-0.39, 0.29) is 0 Å². The molecule has 0 rings (SSSR count). The minimum Gasteiger partial charge on any atom is -0.362 e. The van der Waals surface area contributed by atoms with Gasteiger partial charge in [-0.05, 0) is 24.8 Å². The van der Waals surface area contributed by atoms with Crippen molar-refractivity contribution in [1.82, 2.24) is 4.90 Å². The molecule has 0 fully saturated rings. The van der Waals surface area contributed by atoms with Crippen molar-refractivity contribution in [3.8, 4) is 6.07 Å². The Bertz CT molecular complexity index is 180. The summed E-state index contributed by atoms with van der Waals surface area (Å²) in [5.41, 5.74) is 0. The Hall–Kier alpha value is -0.690. The van der Waals surface area contributed by atoms with Crippen molar-refractivity contribution in [3.63, 3.8) is 0 Å². The van der Waals surface area contributed by atoms with Gasteiger partial charge >= 0.3 is 0 Å². The number of nitriles is 1. The second-order valence-corrected chi connectivity index (χ2v) is 3.88. The average Bonchev–Trinajstić information content (AvgIpc) is 2.18. The Balaban J connectivity index is 3.61. The standard InChI is InChI=1S/C10H19N3S/c1-3-7-13(8-4-2)10-12-14-9-5-6-11/h10H,3-5,7-9H2,1-2H3. The lowest BCUT2D eigenvalue weighted by atomic mass is 10.4. The van der Waals surface area contributed by atoms with E-state index in [1.54, 1.807) is 0 Å². The van der Waals surface area contributed by atoms with Gasteiger partial charge in [0.1, 0.15) is 0 Å². The van der Waals surface area contributed by atoms with Crippen LogP contribution in [0.25, 0.3) is 0 Å². The molecule has 0 aromatic carbocycles. The van der Waals surface area contributed by atoms with Crippen LogP contribution < -0.4 is 0 Å². The van der Waals surface area contributed by atoms with Gasteiger partial charge in [-0.3, -0.25) is 0 Å². The van der Waals surface area contributed by atoms with Gasteiger partial charge in [0.2, 0.25) is 0 Å². The molecule has 3 nitrogen and oxygen atoms in total. The van der Waals surface area contributed by atoms with Crippen molar-refractivity contribution in [2.45, 2.75) is 33.1 Å². The quantitative estimate of drug-likeness (QED) is 0.269. The molecule has 14 heavy (non-hydrogen) atoms. The normalized spacial score (nSPS) is 10.4. The van der Waals surface area contributed by atoms with Gasteiger partial charge in [0, 0.05) is 25.3 Å². The first-order valence-corrected chi connectivity index (χ1v) is 6.05. The van der Waals surface area contributed by atoms with Crippen LogP contribution in [-0.4, -0.2) is 30.1 Å². The predicted molar refractivity (Wildman–Crippen MR) is 63.3 cm³/mol. The summed E-state index contributed by atoms with van der Waals surface area (Å²) in [4.78, 5) is 2.22. The van der Waals surface area contributed by atoms with Gasteiger partial charge in [0.05, 0.1) is 12.4 Å². The summed E-state index contributed by atoms with van der Waals surface area (Å²) in [5.74, 6) is 0.791. The Labute approximate surface area is 91.3 Å². The number of hydrogen-bond acceptors (Lipinski definition) is 3. The van der Waals surface area contributed by atoms with Crippen molar-refractivity contribution in [1.29, 1.82) is 5.26 Å². The van der Waals surface area contributed by atoms with Crippen LogP contribution in [0.2, 0.25) is 0 Å². The molecule has 0 aliphatic heterocycles. The molecule has 0 aromatic heterocycles. The van der Waals surface area contributed by atoms with E-state index in [0.29, 0.717) is 6.42 Å². The molecule has 0 aromatic rings. The van der Waals surface area contributed by atoms with Crippen LogP contribution in [0.3, 0.4) is 0 Å². The summed E-state index contributed by atoms with van der Waals surface area (Å²) in [5, 5.41) is 8.32. The fourth-order valence-corrected chi connectivity index (χ4v) is 1.53. The number of rotatable bonds is 8. The van der Waals surface area contributed by atoms with E-state index in [2.05, 4.69) is 29.2 Å². The van der Waals surface area contributed by atoms with Crippen LogP contribution in [0.15, 0.2) is 4.40 Å². The highest BCUT2D eigenvalue weighted by atomic mass is 32.2. The molecule has 0 heterocycles. The third kappa shape index (κ3) is 7.93. The van der Waals surface area contributed by atoms with E-state index in [1.165, 1.54) is 11.9 Å². The Morgan fingerprint density at radius 2 is 2.00 bits per heavy atom. The second kappa shape index (κ2) is 10.4. The highest BCUT2D eigenvalue weighted by molar-refractivity contribution is 7.98. The lowest BCUT2D eigenvalue weighted by Crippen LogP contribution is -2.23. The summed E-state index contributed by atoms with van der Waals surface area (Å²) in [7, 11) is 0. The molecule has 0 bridgehead atoms. The maximum atomic E-state index is 8.32. The molecular formula is C10H19N3S. The van der Waals surface area contributed by atoms with E-state index >= 15 is 0 Å². The summed E-state index contributed by atoms with van der Waals surface area (Å²) in [6.07, 6.45) is 4.77. The fraction of sp³-hybridized carbons (Fsp3) is 0.800. The van der Waals surface area contributed by atoms with Crippen LogP contribution in [0, 0.1) is 11.3 Å². The average molecular weight is 213 g/mol. The molecule has 4 heteroatoms. The third-order valence-electron chi connectivity index (χ3n) is 1.61. The van der Waals surface area contributed by atoms with Crippen LogP contribution in [0.1, 0.15) is 33.1 Å². The first kappa shape index (κ1) is 13.3. The van der Waals surface area contributed by atoms with E-state index in [0.717, 1.165) is 31.7 Å². The SMILES string of the molecule is CCCN(C=NSCCC#N)CCC. The molecule has 0 spiro atoms. The largest absolute Gasteiger partial charge is 0.362 e. The van der Waals surface area contributed by atoms with Crippen molar-refractivity contribution < 1.29 is 0 Å². The zero-order valence-electron chi connectivity index (χ0n) is 9.07. The number of nitrogens with zero attached hydrogens (tertiary/aromatic N) is 3. The first-order valence-electron chi connectivity index (χ1n) is 5.11. The highest BCUT2D eigenvalue weighted by Crippen LogP contribution is 2.03. The molecule has 0 saturated carbocycles.